The highest BCUT2D eigenvalue weighted by molar-refractivity contribution is 5.86. The number of Topliss-reactive ketones (excluding diaryl/α,β-unsaturated/α-hetero) is 1. The van der Waals surface area contributed by atoms with Crippen molar-refractivity contribution in [3.8, 4) is 5.75 Å². The third-order valence-electron chi connectivity index (χ3n) is 8.50. The summed E-state index contributed by atoms with van der Waals surface area (Å²) in [6.45, 7) is 15.2. The molecule has 10 nitrogen and oxygen atoms in total. The Balaban J connectivity index is 0.000000318. The van der Waals surface area contributed by atoms with Crippen LogP contribution in [-0.4, -0.2) is 70.1 Å². The van der Waals surface area contributed by atoms with Gasteiger partial charge in [0, 0.05) is 19.0 Å². The molecule has 47 heavy (non-hydrogen) atoms. The standard InChI is InChI=1S/C26H38N2O6.C11H13NO/c1-16-11-18-9-10-20(12-19(18)14-27(16)23(30)33-25(3,4)5)32-21-13-22(17(2)29)28(15-21)24(31)34-26(6,7)8;13-8-12-11-7-3-5-9-4-1-2-6-10(9)11/h9-10,12,16,21-22H,11,13-15H2,1-8H3;1-2,4,6,8,11H,3,5,7H2,(H,12,13). The van der Waals surface area contributed by atoms with Gasteiger partial charge in [-0.2, -0.15) is 0 Å². The van der Waals surface area contributed by atoms with Crippen LogP contribution < -0.4 is 10.1 Å². The maximum atomic E-state index is 12.7. The predicted molar refractivity (Wildman–Crippen MR) is 179 cm³/mol. The van der Waals surface area contributed by atoms with E-state index in [1.54, 1.807) is 25.7 Å². The van der Waals surface area contributed by atoms with Crippen LogP contribution in [0.3, 0.4) is 0 Å². The number of carbonyl (C=O) groups excluding carboxylic acids is 4. The highest BCUT2D eigenvalue weighted by Gasteiger charge is 2.41. The molecule has 10 heteroatoms. The summed E-state index contributed by atoms with van der Waals surface area (Å²) in [6, 6.07) is 13.9. The Morgan fingerprint density at radius 1 is 0.894 bits per heavy atom. The Hall–Kier alpha value is -4.08. The minimum Gasteiger partial charge on any atom is -0.488 e. The van der Waals surface area contributed by atoms with E-state index in [-0.39, 0.29) is 36.6 Å². The lowest BCUT2D eigenvalue weighted by atomic mass is 9.88. The van der Waals surface area contributed by atoms with E-state index < -0.39 is 23.3 Å². The van der Waals surface area contributed by atoms with E-state index in [1.165, 1.54) is 34.9 Å². The topological polar surface area (TPSA) is 114 Å². The highest BCUT2D eigenvalue weighted by Crippen LogP contribution is 2.31. The first-order chi connectivity index (χ1) is 22.0. The van der Waals surface area contributed by atoms with Gasteiger partial charge < -0.3 is 24.4 Å². The number of benzene rings is 2. The van der Waals surface area contributed by atoms with Crippen molar-refractivity contribution in [2.45, 2.75) is 129 Å². The van der Waals surface area contributed by atoms with E-state index in [2.05, 4.69) is 23.5 Å². The van der Waals surface area contributed by atoms with Gasteiger partial charge in [0.25, 0.3) is 0 Å². The van der Waals surface area contributed by atoms with Crippen LogP contribution in [0.2, 0.25) is 0 Å². The molecule has 1 aliphatic carbocycles. The molecule has 4 unspecified atom stereocenters. The number of amides is 3. The number of hydrogen-bond acceptors (Lipinski definition) is 7. The summed E-state index contributed by atoms with van der Waals surface area (Å²) < 4.78 is 17.3. The van der Waals surface area contributed by atoms with Crippen molar-refractivity contribution in [2.24, 2.45) is 0 Å². The molecule has 2 aromatic carbocycles. The van der Waals surface area contributed by atoms with Crippen LogP contribution in [0.5, 0.6) is 5.75 Å². The second-order valence-electron chi connectivity index (χ2n) is 14.8. The van der Waals surface area contributed by atoms with Crippen molar-refractivity contribution in [3.05, 3.63) is 64.7 Å². The Morgan fingerprint density at radius 2 is 1.55 bits per heavy atom. The summed E-state index contributed by atoms with van der Waals surface area (Å²) in [6.07, 6.45) is 4.16. The van der Waals surface area contributed by atoms with Gasteiger partial charge in [0.05, 0.1) is 18.6 Å². The van der Waals surface area contributed by atoms with Crippen molar-refractivity contribution in [3.63, 3.8) is 0 Å². The van der Waals surface area contributed by atoms with E-state index in [0.717, 1.165) is 31.2 Å². The molecule has 0 bridgehead atoms. The molecule has 0 saturated carbocycles. The maximum absolute atomic E-state index is 12.7. The van der Waals surface area contributed by atoms with Crippen molar-refractivity contribution in [2.75, 3.05) is 6.54 Å². The molecule has 2 heterocycles. The number of fused-ring (bicyclic) bond motifs is 2. The number of nitrogens with one attached hydrogen (secondary N) is 1. The zero-order valence-electron chi connectivity index (χ0n) is 29.1. The zero-order valence-corrected chi connectivity index (χ0v) is 29.1. The Bertz CT molecular complexity index is 1440. The summed E-state index contributed by atoms with van der Waals surface area (Å²) in [5.74, 6) is 0.556. The lowest BCUT2D eigenvalue weighted by molar-refractivity contribution is -0.121. The molecule has 2 aliphatic heterocycles. The predicted octanol–water partition coefficient (Wildman–Crippen LogP) is 6.52. The van der Waals surface area contributed by atoms with Crippen molar-refractivity contribution in [1.82, 2.24) is 15.1 Å². The average Bonchev–Trinajstić information content (AvgIpc) is 3.40. The molecular weight excluding hydrogens is 598 g/mol. The molecule has 0 aromatic heterocycles. The summed E-state index contributed by atoms with van der Waals surface area (Å²) in [5, 5.41) is 2.86. The number of aryl methyl sites for hydroxylation is 1. The monoisotopic (exact) mass is 649 g/mol. The van der Waals surface area contributed by atoms with Crippen LogP contribution in [0.25, 0.3) is 0 Å². The van der Waals surface area contributed by atoms with E-state index in [1.807, 2.05) is 52.0 Å². The van der Waals surface area contributed by atoms with Crippen molar-refractivity contribution >= 4 is 24.4 Å². The first-order valence-corrected chi connectivity index (χ1v) is 16.6. The molecule has 0 radical (unpaired) electrons. The lowest BCUT2D eigenvalue weighted by Crippen LogP contribution is -2.45. The molecule has 0 spiro atoms. The number of carbonyl (C=O) groups is 4. The van der Waals surface area contributed by atoms with E-state index in [4.69, 9.17) is 14.2 Å². The van der Waals surface area contributed by atoms with Crippen LogP contribution in [0.15, 0.2) is 42.5 Å². The van der Waals surface area contributed by atoms with E-state index in [0.29, 0.717) is 18.7 Å². The first kappa shape index (κ1) is 35.8. The fourth-order valence-electron chi connectivity index (χ4n) is 6.35. The summed E-state index contributed by atoms with van der Waals surface area (Å²) >= 11 is 0. The molecule has 3 amide bonds. The fraction of sp³-hybridized carbons (Fsp3) is 0.568. The SMILES string of the molecule is CC(=O)C1CC(Oc2ccc3c(c2)CN(C(=O)OC(C)(C)C)C(C)C3)CN1C(=O)OC(C)(C)C.O=CNC1CCCc2ccccc21. The smallest absolute Gasteiger partial charge is 0.411 e. The molecule has 1 saturated heterocycles. The Morgan fingerprint density at radius 3 is 2.19 bits per heavy atom. The van der Waals surface area contributed by atoms with Crippen LogP contribution in [-0.2, 0) is 38.4 Å². The third kappa shape index (κ3) is 9.72. The van der Waals surface area contributed by atoms with Gasteiger partial charge >= 0.3 is 12.2 Å². The number of nitrogens with zero attached hydrogens (tertiary/aromatic N) is 2. The van der Waals surface area contributed by atoms with Gasteiger partial charge in [-0.3, -0.25) is 14.5 Å². The first-order valence-electron chi connectivity index (χ1n) is 16.6. The van der Waals surface area contributed by atoms with Gasteiger partial charge in [0.2, 0.25) is 6.41 Å². The second-order valence-corrected chi connectivity index (χ2v) is 14.8. The lowest BCUT2D eigenvalue weighted by Gasteiger charge is -2.36. The van der Waals surface area contributed by atoms with Gasteiger partial charge in [0.15, 0.2) is 5.78 Å². The maximum Gasteiger partial charge on any atom is 0.411 e. The van der Waals surface area contributed by atoms with Crippen LogP contribution >= 0.6 is 0 Å². The summed E-state index contributed by atoms with van der Waals surface area (Å²) in [5.41, 5.74) is 3.65. The Kier molecular flexibility index (Phi) is 11.2. The second kappa shape index (κ2) is 14.8. The normalized spacial score (nSPS) is 22.1. The molecule has 4 atom stereocenters. The van der Waals surface area contributed by atoms with E-state index >= 15 is 0 Å². The number of ether oxygens (including phenoxy) is 3. The largest absolute Gasteiger partial charge is 0.488 e. The van der Waals surface area contributed by atoms with Crippen LogP contribution in [0.4, 0.5) is 9.59 Å². The molecule has 3 aliphatic rings. The number of hydrogen-bond donors (Lipinski definition) is 1. The highest BCUT2D eigenvalue weighted by atomic mass is 16.6. The molecule has 1 N–H and O–H groups in total. The number of rotatable bonds is 5. The minimum atomic E-state index is -0.646. The average molecular weight is 650 g/mol. The summed E-state index contributed by atoms with van der Waals surface area (Å²) in [7, 11) is 0. The fourth-order valence-corrected chi connectivity index (χ4v) is 6.35. The molecular formula is C37H51N3O7. The molecule has 1 fully saturated rings. The van der Waals surface area contributed by atoms with Crippen molar-refractivity contribution in [1.29, 1.82) is 0 Å². The van der Waals surface area contributed by atoms with Gasteiger partial charge in [-0.05, 0) is 115 Å². The van der Waals surface area contributed by atoms with Crippen LogP contribution in [0, 0.1) is 0 Å². The van der Waals surface area contributed by atoms with E-state index in [9.17, 15) is 19.2 Å². The molecule has 2 aromatic rings. The van der Waals surface area contributed by atoms with Gasteiger partial charge in [0.1, 0.15) is 23.1 Å². The minimum absolute atomic E-state index is 0.0302. The Labute approximate surface area is 279 Å². The zero-order chi connectivity index (χ0) is 34.5. The third-order valence-corrected chi connectivity index (χ3v) is 8.50. The van der Waals surface area contributed by atoms with Gasteiger partial charge in [-0.15, -0.1) is 0 Å². The molecule has 256 valence electrons. The van der Waals surface area contributed by atoms with Gasteiger partial charge in [-0.25, -0.2) is 9.59 Å². The number of ketones is 1. The van der Waals surface area contributed by atoms with Crippen LogP contribution in [0.1, 0.15) is 103 Å². The van der Waals surface area contributed by atoms with Gasteiger partial charge in [-0.1, -0.05) is 30.3 Å². The number of likely N-dealkylation sites (tertiary alicyclic amines) is 1. The quantitative estimate of drug-likeness (QED) is 0.367. The summed E-state index contributed by atoms with van der Waals surface area (Å²) in [4.78, 5) is 51.1. The van der Waals surface area contributed by atoms with Crippen molar-refractivity contribution < 1.29 is 33.4 Å². The molecule has 5 rings (SSSR count).